The monoisotopic (exact) mass is 294 g/mol. The highest BCUT2D eigenvalue weighted by Crippen LogP contribution is 2.28. The van der Waals surface area contributed by atoms with Crippen LogP contribution in [0.3, 0.4) is 0 Å². The summed E-state index contributed by atoms with van der Waals surface area (Å²) >= 11 is 0. The molecule has 0 radical (unpaired) electrons. The van der Waals surface area contributed by atoms with Crippen molar-refractivity contribution < 1.29 is 15.0 Å². The van der Waals surface area contributed by atoms with Crippen molar-refractivity contribution in [2.45, 2.75) is 72.8 Å². The Kier molecular flexibility index (Phi) is 7.65. The summed E-state index contributed by atoms with van der Waals surface area (Å²) in [5, 5.41) is 20.4. The largest absolute Gasteiger partial charge is 0.507 e. The Hall–Kier alpha value is -1.35. The van der Waals surface area contributed by atoms with Crippen LogP contribution in [-0.2, 0) is 4.79 Å². The van der Waals surface area contributed by atoms with Crippen LogP contribution in [0.4, 0.5) is 0 Å². The van der Waals surface area contributed by atoms with Crippen LogP contribution >= 0.6 is 0 Å². The molecule has 0 bridgehead atoms. The first-order valence-electron chi connectivity index (χ1n) is 7.52. The van der Waals surface area contributed by atoms with E-state index in [1.165, 1.54) is 0 Å². The third kappa shape index (κ3) is 6.76. The molecule has 0 amide bonds. The van der Waals surface area contributed by atoms with E-state index < -0.39 is 5.60 Å². The average Bonchev–Trinajstić information content (AvgIpc) is 2.26. The third-order valence-electron chi connectivity index (χ3n) is 3.28. The first kappa shape index (κ1) is 19.7. The summed E-state index contributed by atoms with van der Waals surface area (Å²) in [5.41, 5.74) is 1.75. The van der Waals surface area contributed by atoms with Gasteiger partial charge in [-0.15, -0.1) is 0 Å². The Morgan fingerprint density at radius 3 is 2.00 bits per heavy atom. The highest BCUT2D eigenvalue weighted by Gasteiger charge is 2.21. The van der Waals surface area contributed by atoms with E-state index in [2.05, 4.69) is 6.58 Å². The molecule has 3 nitrogen and oxygen atoms in total. The van der Waals surface area contributed by atoms with E-state index in [-0.39, 0.29) is 11.5 Å². The van der Waals surface area contributed by atoms with Crippen molar-refractivity contribution in [1.29, 1.82) is 0 Å². The molecule has 0 fully saturated rings. The molecular weight excluding hydrogens is 264 g/mol. The Morgan fingerprint density at radius 2 is 1.67 bits per heavy atom. The SMILES string of the molecule is C=C(C)/C(CCC(C)(C)O)=C(/O)C(C(=O)CCC)=C(C)C. The van der Waals surface area contributed by atoms with Crippen LogP contribution in [0.5, 0.6) is 0 Å². The number of carbonyl (C=O) groups excluding carboxylic acids is 1. The Bertz CT molecular complexity index is 455. The summed E-state index contributed by atoms with van der Waals surface area (Å²) < 4.78 is 0. The van der Waals surface area contributed by atoms with Gasteiger partial charge in [-0.25, -0.2) is 0 Å². The van der Waals surface area contributed by atoms with Crippen molar-refractivity contribution in [3.05, 3.63) is 34.6 Å². The number of rotatable bonds is 8. The molecular formula is C18H30O3. The zero-order chi connectivity index (χ0) is 16.8. The van der Waals surface area contributed by atoms with E-state index in [1.807, 2.05) is 27.7 Å². The van der Waals surface area contributed by atoms with Gasteiger partial charge in [-0.05, 0) is 59.5 Å². The van der Waals surface area contributed by atoms with Crippen molar-refractivity contribution in [2.75, 3.05) is 0 Å². The molecule has 0 aromatic heterocycles. The summed E-state index contributed by atoms with van der Waals surface area (Å²) in [6.07, 6.45) is 2.15. The maximum absolute atomic E-state index is 12.2. The van der Waals surface area contributed by atoms with E-state index in [9.17, 15) is 15.0 Å². The molecule has 2 N–H and O–H groups in total. The summed E-state index contributed by atoms with van der Waals surface area (Å²) in [6, 6.07) is 0. The molecule has 0 aromatic carbocycles. The summed E-state index contributed by atoms with van der Waals surface area (Å²) in [6.45, 7) is 14.7. The van der Waals surface area contributed by atoms with Gasteiger partial charge >= 0.3 is 0 Å². The minimum atomic E-state index is -0.820. The third-order valence-corrected chi connectivity index (χ3v) is 3.28. The molecule has 120 valence electrons. The zero-order valence-electron chi connectivity index (χ0n) is 14.3. The second-order valence-electron chi connectivity index (χ2n) is 6.47. The van der Waals surface area contributed by atoms with Gasteiger partial charge in [-0.2, -0.15) is 0 Å². The van der Waals surface area contributed by atoms with E-state index in [0.29, 0.717) is 30.4 Å². The van der Waals surface area contributed by atoms with E-state index in [1.54, 1.807) is 13.8 Å². The van der Waals surface area contributed by atoms with Crippen LogP contribution in [-0.4, -0.2) is 21.6 Å². The van der Waals surface area contributed by atoms with Crippen LogP contribution < -0.4 is 0 Å². The highest BCUT2D eigenvalue weighted by molar-refractivity contribution is 5.99. The van der Waals surface area contributed by atoms with E-state index in [4.69, 9.17) is 0 Å². The molecule has 0 rings (SSSR count). The summed E-state index contributed by atoms with van der Waals surface area (Å²) in [7, 11) is 0. The second kappa shape index (κ2) is 8.18. The minimum Gasteiger partial charge on any atom is -0.507 e. The predicted molar refractivity (Wildman–Crippen MR) is 88.3 cm³/mol. The molecule has 0 saturated heterocycles. The van der Waals surface area contributed by atoms with Gasteiger partial charge in [0.25, 0.3) is 0 Å². The first-order chi connectivity index (χ1) is 9.51. The number of carbonyl (C=O) groups is 1. The van der Waals surface area contributed by atoms with Gasteiger partial charge in [0.2, 0.25) is 0 Å². The lowest BCUT2D eigenvalue weighted by Gasteiger charge is -2.20. The molecule has 0 aliphatic heterocycles. The van der Waals surface area contributed by atoms with Gasteiger partial charge in [0.15, 0.2) is 5.78 Å². The quantitative estimate of drug-likeness (QED) is 0.390. The predicted octanol–water partition coefficient (Wildman–Crippen LogP) is 4.63. The topological polar surface area (TPSA) is 57.5 Å². The van der Waals surface area contributed by atoms with Gasteiger partial charge < -0.3 is 10.2 Å². The Balaban J connectivity index is 5.66. The second-order valence-corrected chi connectivity index (χ2v) is 6.47. The molecule has 0 atom stereocenters. The van der Waals surface area contributed by atoms with Gasteiger partial charge in [0.1, 0.15) is 5.76 Å². The van der Waals surface area contributed by atoms with Gasteiger partial charge in [0, 0.05) is 6.42 Å². The standard InChI is InChI=1S/C18H30O3/c1-8-9-15(19)16(13(4)5)17(20)14(12(2)3)10-11-18(6,7)21/h20-21H,2,8-11H2,1,3-7H3/b17-14+. The summed E-state index contributed by atoms with van der Waals surface area (Å²) in [5.74, 6) is -0.0257. The molecule has 0 aliphatic rings. The lowest BCUT2D eigenvalue weighted by atomic mass is 9.90. The van der Waals surface area contributed by atoms with Crippen molar-refractivity contribution in [2.24, 2.45) is 0 Å². The normalized spacial score (nSPS) is 12.7. The smallest absolute Gasteiger partial charge is 0.166 e. The zero-order valence-corrected chi connectivity index (χ0v) is 14.3. The van der Waals surface area contributed by atoms with Gasteiger partial charge in [-0.1, -0.05) is 24.6 Å². The lowest BCUT2D eigenvalue weighted by molar-refractivity contribution is -0.115. The molecule has 0 saturated carbocycles. The van der Waals surface area contributed by atoms with Crippen LogP contribution in [0.15, 0.2) is 34.6 Å². The number of hydrogen-bond acceptors (Lipinski definition) is 3. The number of ketones is 1. The van der Waals surface area contributed by atoms with Crippen molar-refractivity contribution in [3.8, 4) is 0 Å². The van der Waals surface area contributed by atoms with Gasteiger partial charge in [-0.3, -0.25) is 4.79 Å². The van der Waals surface area contributed by atoms with Crippen LogP contribution in [0.2, 0.25) is 0 Å². The molecule has 3 heteroatoms. The number of Topliss-reactive ketones (excluding diaryl/α,β-unsaturated/α-hetero) is 1. The fraction of sp³-hybridized carbons (Fsp3) is 0.611. The fourth-order valence-electron chi connectivity index (χ4n) is 2.12. The molecule has 0 aromatic rings. The maximum Gasteiger partial charge on any atom is 0.166 e. The maximum atomic E-state index is 12.2. The summed E-state index contributed by atoms with van der Waals surface area (Å²) in [4.78, 5) is 12.2. The molecule has 0 heterocycles. The van der Waals surface area contributed by atoms with Crippen molar-refractivity contribution in [3.63, 3.8) is 0 Å². The van der Waals surface area contributed by atoms with E-state index in [0.717, 1.165) is 17.6 Å². The Labute approximate surface area is 129 Å². The number of allylic oxidation sites excluding steroid dienone is 4. The number of aliphatic hydroxyl groups excluding tert-OH is 1. The molecule has 0 unspecified atom stereocenters. The van der Waals surface area contributed by atoms with E-state index >= 15 is 0 Å². The van der Waals surface area contributed by atoms with Crippen LogP contribution in [0.25, 0.3) is 0 Å². The van der Waals surface area contributed by atoms with Gasteiger partial charge in [0.05, 0.1) is 11.2 Å². The molecule has 21 heavy (non-hydrogen) atoms. The minimum absolute atomic E-state index is 0.0187. The van der Waals surface area contributed by atoms with Crippen molar-refractivity contribution in [1.82, 2.24) is 0 Å². The first-order valence-corrected chi connectivity index (χ1v) is 7.52. The van der Waals surface area contributed by atoms with Crippen LogP contribution in [0.1, 0.15) is 67.2 Å². The highest BCUT2D eigenvalue weighted by atomic mass is 16.3. The fourth-order valence-corrected chi connectivity index (χ4v) is 2.12. The molecule has 0 aliphatic carbocycles. The average molecular weight is 294 g/mol. The number of hydrogen-bond donors (Lipinski definition) is 2. The number of aliphatic hydroxyl groups is 2. The Morgan fingerprint density at radius 1 is 1.14 bits per heavy atom. The molecule has 0 spiro atoms. The van der Waals surface area contributed by atoms with Crippen molar-refractivity contribution >= 4 is 5.78 Å². The lowest BCUT2D eigenvalue weighted by Crippen LogP contribution is -2.19. The van der Waals surface area contributed by atoms with Crippen LogP contribution in [0, 0.1) is 0 Å².